The highest BCUT2D eigenvalue weighted by Crippen LogP contribution is 2.36. The quantitative estimate of drug-likeness (QED) is 0.604. The lowest BCUT2D eigenvalue weighted by Crippen LogP contribution is -2.36. The molecule has 0 bridgehead atoms. The molecule has 0 saturated heterocycles. The number of nitrogens with zero attached hydrogens (tertiary/aromatic N) is 2. The smallest absolute Gasteiger partial charge is 0.345 e. The van der Waals surface area contributed by atoms with Gasteiger partial charge in [0, 0.05) is 24.2 Å². The van der Waals surface area contributed by atoms with E-state index in [1.165, 1.54) is 6.92 Å². The summed E-state index contributed by atoms with van der Waals surface area (Å²) in [6.07, 6.45) is -1.62. The van der Waals surface area contributed by atoms with Crippen molar-refractivity contribution in [2.24, 2.45) is 4.99 Å². The summed E-state index contributed by atoms with van der Waals surface area (Å²) in [4.78, 5) is 30.4. The minimum absolute atomic E-state index is 0.0181. The van der Waals surface area contributed by atoms with E-state index in [0.29, 0.717) is 22.9 Å². The molecule has 1 aromatic rings. The van der Waals surface area contributed by atoms with Crippen LogP contribution in [0.5, 0.6) is 0 Å². The van der Waals surface area contributed by atoms with E-state index in [9.17, 15) is 27.2 Å². The van der Waals surface area contributed by atoms with Crippen molar-refractivity contribution < 1.29 is 27.2 Å². The summed E-state index contributed by atoms with van der Waals surface area (Å²) < 4.78 is 54.9. The SMILES string of the molecule is CC(=O)Nc1cc([C@@H](C)NC(=O)C2=CC(Br)=CN3CC(C)N=C23)cc(C(F)(F)F)c1F. The number of anilines is 1. The van der Waals surface area contributed by atoms with Crippen LogP contribution >= 0.6 is 15.9 Å². The molecule has 2 amide bonds. The second-order valence-electron chi connectivity index (χ2n) is 7.33. The van der Waals surface area contributed by atoms with Crippen molar-refractivity contribution in [1.29, 1.82) is 0 Å². The minimum atomic E-state index is -4.98. The molecule has 166 valence electrons. The van der Waals surface area contributed by atoms with Gasteiger partial charge in [-0.15, -0.1) is 0 Å². The highest BCUT2D eigenvalue weighted by Gasteiger charge is 2.37. The lowest BCUT2D eigenvalue weighted by Gasteiger charge is -2.24. The van der Waals surface area contributed by atoms with E-state index in [2.05, 4.69) is 31.6 Å². The van der Waals surface area contributed by atoms with Crippen molar-refractivity contribution in [3.05, 3.63) is 51.4 Å². The van der Waals surface area contributed by atoms with E-state index >= 15 is 0 Å². The van der Waals surface area contributed by atoms with Gasteiger partial charge in [0.25, 0.3) is 5.91 Å². The number of amidine groups is 1. The van der Waals surface area contributed by atoms with Gasteiger partial charge in [0.05, 0.1) is 28.9 Å². The fourth-order valence-electron chi connectivity index (χ4n) is 3.33. The molecule has 0 saturated carbocycles. The monoisotopic (exact) mass is 502 g/mol. The third-order valence-corrected chi connectivity index (χ3v) is 5.11. The van der Waals surface area contributed by atoms with Crippen LogP contribution in [0.3, 0.4) is 0 Å². The predicted octanol–water partition coefficient (Wildman–Crippen LogP) is 4.26. The Labute approximate surface area is 184 Å². The first-order valence-corrected chi connectivity index (χ1v) is 10.1. The van der Waals surface area contributed by atoms with Crippen LogP contribution in [-0.2, 0) is 15.8 Å². The van der Waals surface area contributed by atoms with Gasteiger partial charge >= 0.3 is 6.18 Å². The van der Waals surface area contributed by atoms with Gasteiger partial charge in [-0.3, -0.25) is 14.6 Å². The second kappa shape index (κ2) is 8.45. The molecule has 1 aromatic carbocycles. The fourth-order valence-corrected chi connectivity index (χ4v) is 3.81. The summed E-state index contributed by atoms with van der Waals surface area (Å²) in [5.41, 5.74) is -1.90. The van der Waals surface area contributed by atoms with Gasteiger partial charge in [0.15, 0.2) is 5.82 Å². The Hall–Kier alpha value is -2.69. The number of hydrogen-bond acceptors (Lipinski definition) is 4. The van der Waals surface area contributed by atoms with Crippen LogP contribution in [0.15, 0.2) is 39.5 Å². The van der Waals surface area contributed by atoms with Crippen molar-refractivity contribution in [3.8, 4) is 0 Å². The number of aliphatic imine (C=N–C) groups is 1. The molecule has 2 aliphatic rings. The summed E-state index contributed by atoms with van der Waals surface area (Å²) in [5.74, 6) is -2.39. The molecule has 3 rings (SSSR count). The number of nitrogens with one attached hydrogen (secondary N) is 2. The summed E-state index contributed by atoms with van der Waals surface area (Å²) in [7, 11) is 0. The van der Waals surface area contributed by atoms with Crippen molar-refractivity contribution in [1.82, 2.24) is 10.2 Å². The fraction of sp³-hybridized carbons (Fsp3) is 0.350. The maximum atomic E-state index is 14.3. The van der Waals surface area contributed by atoms with E-state index in [-0.39, 0.29) is 17.2 Å². The van der Waals surface area contributed by atoms with Gasteiger partial charge in [-0.1, -0.05) is 0 Å². The summed E-state index contributed by atoms with van der Waals surface area (Å²) in [5, 5.41) is 4.69. The Morgan fingerprint density at radius 2 is 2.00 bits per heavy atom. The maximum Gasteiger partial charge on any atom is 0.419 e. The number of benzene rings is 1. The molecule has 2 atom stereocenters. The average molecular weight is 503 g/mol. The molecule has 0 radical (unpaired) electrons. The van der Waals surface area contributed by atoms with Crippen LogP contribution < -0.4 is 10.6 Å². The molecular weight excluding hydrogens is 484 g/mol. The van der Waals surface area contributed by atoms with Crippen LogP contribution in [0.25, 0.3) is 0 Å². The number of carbonyl (C=O) groups is 2. The highest BCUT2D eigenvalue weighted by molar-refractivity contribution is 9.11. The number of halogens is 5. The Morgan fingerprint density at radius 1 is 1.32 bits per heavy atom. The Balaban J connectivity index is 1.91. The minimum Gasteiger partial charge on any atom is -0.345 e. The summed E-state index contributed by atoms with van der Waals surface area (Å²) in [6, 6.07) is 0.756. The van der Waals surface area contributed by atoms with Crippen molar-refractivity contribution in [3.63, 3.8) is 0 Å². The van der Waals surface area contributed by atoms with Gasteiger partial charge in [-0.25, -0.2) is 4.39 Å². The van der Waals surface area contributed by atoms with Crippen LogP contribution in [0.1, 0.15) is 37.9 Å². The van der Waals surface area contributed by atoms with E-state index in [1.54, 1.807) is 12.3 Å². The molecule has 31 heavy (non-hydrogen) atoms. The van der Waals surface area contributed by atoms with Gasteiger partial charge in [0.1, 0.15) is 5.84 Å². The first-order chi connectivity index (χ1) is 14.4. The molecule has 11 heteroatoms. The summed E-state index contributed by atoms with van der Waals surface area (Å²) in [6.45, 7) is 5.01. The zero-order valence-electron chi connectivity index (χ0n) is 16.8. The van der Waals surface area contributed by atoms with Gasteiger partial charge in [0.2, 0.25) is 5.91 Å². The zero-order valence-corrected chi connectivity index (χ0v) is 18.4. The number of hydrogen-bond donors (Lipinski definition) is 2. The van der Waals surface area contributed by atoms with E-state index in [4.69, 9.17) is 0 Å². The highest BCUT2D eigenvalue weighted by atomic mass is 79.9. The third-order valence-electron chi connectivity index (χ3n) is 4.68. The number of alkyl halides is 3. The average Bonchev–Trinajstić information content (AvgIpc) is 3.00. The molecule has 0 aliphatic carbocycles. The van der Waals surface area contributed by atoms with E-state index in [0.717, 1.165) is 13.0 Å². The van der Waals surface area contributed by atoms with Crippen molar-refractivity contribution in [2.75, 3.05) is 11.9 Å². The predicted molar refractivity (Wildman–Crippen MR) is 111 cm³/mol. The molecule has 0 fully saturated rings. The molecule has 2 aliphatic heterocycles. The van der Waals surface area contributed by atoms with Gasteiger partial charge in [-0.2, -0.15) is 13.2 Å². The normalized spacial score (nSPS) is 19.2. The molecular formula is C20H19BrF4N4O2. The van der Waals surface area contributed by atoms with Crippen LogP contribution in [-0.4, -0.2) is 35.1 Å². The Kier molecular flexibility index (Phi) is 6.26. The van der Waals surface area contributed by atoms with Crippen LogP contribution in [0.4, 0.5) is 23.2 Å². The Morgan fingerprint density at radius 3 is 2.61 bits per heavy atom. The van der Waals surface area contributed by atoms with Crippen molar-refractivity contribution in [2.45, 2.75) is 39.0 Å². The largest absolute Gasteiger partial charge is 0.419 e. The molecule has 1 unspecified atom stereocenters. The number of allylic oxidation sites excluding steroid dienone is 2. The number of carbonyl (C=O) groups excluding carboxylic acids is 2. The number of rotatable bonds is 4. The van der Waals surface area contributed by atoms with Gasteiger partial charge in [-0.05, 0) is 53.5 Å². The second-order valence-corrected chi connectivity index (χ2v) is 8.25. The lowest BCUT2D eigenvalue weighted by molar-refractivity contribution is -0.140. The molecule has 2 heterocycles. The summed E-state index contributed by atoms with van der Waals surface area (Å²) >= 11 is 3.34. The van der Waals surface area contributed by atoms with Gasteiger partial charge < -0.3 is 15.5 Å². The molecule has 0 spiro atoms. The first-order valence-electron chi connectivity index (χ1n) is 9.29. The standard InChI is InChI=1S/C20H19BrF4N4O2/c1-9-7-29-8-13(21)6-14(18(29)26-9)19(31)27-10(2)12-4-15(20(23,24)25)17(22)16(5-12)28-11(3)30/h4-6,8-10H,7H2,1-3H3,(H,27,31)(H,28,30)/t9?,10-/m1/s1. The zero-order chi connectivity index (χ0) is 23.1. The lowest BCUT2D eigenvalue weighted by atomic mass is 10.0. The first kappa shape index (κ1) is 23.0. The maximum absolute atomic E-state index is 14.3. The third kappa shape index (κ3) is 4.97. The number of fused-ring (bicyclic) bond motifs is 1. The van der Waals surface area contributed by atoms with E-state index < -0.39 is 41.1 Å². The molecule has 2 N–H and O–H groups in total. The number of amides is 2. The van der Waals surface area contributed by atoms with Crippen molar-refractivity contribution >= 4 is 39.3 Å². The molecule has 6 nitrogen and oxygen atoms in total. The van der Waals surface area contributed by atoms with Crippen LogP contribution in [0.2, 0.25) is 0 Å². The molecule has 0 aromatic heterocycles. The van der Waals surface area contributed by atoms with E-state index in [1.807, 2.05) is 11.8 Å². The van der Waals surface area contributed by atoms with Crippen LogP contribution in [0, 0.1) is 5.82 Å². The topological polar surface area (TPSA) is 73.8 Å². The Bertz CT molecular complexity index is 1030.